The molecule has 5 nitrogen and oxygen atoms in total. The minimum absolute atomic E-state index is 0.0553. The maximum atomic E-state index is 13.1. The van der Waals surface area contributed by atoms with E-state index in [1.807, 2.05) is 36.4 Å². The van der Waals surface area contributed by atoms with Gasteiger partial charge in [-0.2, -0.15) is 0 Å². The first-order valence-electron chi connectivity index (χ1n) is 8.70. The number of amides is 2. The van der Waals surface area contributed by atoms with E-state index in [9.17, 15) is 9.59 Å². The first-order valence-corrected chi connectivity index (χ1v) is 9.08. The highest BCUT2D eigenvalue weighted by Gasteiger charge is 2.32. The highest BCUT2D eigenvalue weighted by molar-refractivity contribution is 6.30. The van der Waals surface area contributed by atoms with Crippen LogP contribution in [0.2, 0.25) is 5.02 Å². The Balaban J connectivity index is 1.70. The van der Waals surface area contributed by atoms with E-state index in [1.165, 1.54) is 6.92 Å². The molecule has 2 heterocycles. The van der Waals surface area contributed by atoms with Crippen LogP contribution >= 0.6 is 11.6 Å². The summed E-state index contributed by atoms with van der Waals surface area (Å²) >= 11 is 6.16. The smallest absolute Gasteiger partial charge is 0.233 e. The number of rotatable bonds is 2. The zero-order valence-corrected chi connectivity index (χ0v) is 15.5. The van der Waals surface area contributed by atoms with Crippen LogP contribution in [0.1, 0.15) is 24.0 Å². The van der Waals surface area contributed by atoms with Crippen molar-refractivity contribution in [2.45, 2.75) is 19.4 Å². The monoisotopic (exact) mass is 379 g/mol. The molecule has 0 spiro atoms. The third kappa shape index (κ3) is 3.38. The predicted molar refractivity (Wildman–Crippen MR) is 106 cm³/mol. The van der Waals surface area contributed by atoms with Gasteiger partial charge in [-0.05, 0) is 23.3 Å². The molecule has 1 unspecified atom stereocenters. The number of anilines is 1. The Hall–Kier alpha value is -2.92. The summed E-state index contributed by atoms with van der Waals surface area (Å²) in [7, 11) is 0. The summed E-state index contributed by atoms with van der Waals surface area (Å²) in [6.45, 7) is 2.33. The third-order valence-corrected chi connectivity index (χ3v) is 5.17. The van der Waals surface area contributed by atoms with Crippen LogP contribution in [0.3, 0.4) is 0 Å². The predicted octanol–water partition coefficient (Wildman–Crippen LogP) is 3.97. The van der Waals surface area contributed by atoms with Crippen LogP contribution in [0.4, 0.5) is 5.69 Å². The lowest BCUT2D eigenvalue weighted by Crippen LogP contribution is -2.41. The second-order valence-corrected chi connectivity index (χ2v) is 7.13. The lowest BCUT2D eigenvalue weighted by atomic mass is 9.89. The fraction of sp³-hybridized carbons (Fsp3) is 0.190. The van der Waals surface area contributed by atoms with Crippen LogP contribution in [-0.2, 0) is 16.1 Å². The molecule has 0 aliphatic carbocycles. The highest BCUT2D eigenvalue weighted by atomic mass is 35.5. The summed E-state index contributed by atoms with van der Waals surface area (Å²) in [5.41, 5.74) is 2.46. The van der Waals surface area contributed by atoms with Gasteiger partial charge in [0.1, 0.15) is 0 Å². The van der Waals surface area contributed by atoms with E-state index in [2.05, 4.69) is 10.3 Å². The number of benzene rings is 2. The standard InChI is InChI=1S/C21H18ClN3O2/c1-13(26)25-11-15-6-7-16(22)8-18(15)19(12-25)21(27)24-20-10-23-9-14-4-2-3-5-17(14)20/h2-10,19H,11-12H2,1H3,(H,24,27). The van der Waals surface area contributed by atoms with Crippen molar-refractivity contribution in [2.24, 2.45) is 0 Å². The molecule has 0 radical (unpaired) electrons. The molecule has 1 aliphatic heterocycles. The number of fused-ring (bicyclic) bond motifs is 2. The minimum Gasteiger partial charge on any atom is -0.337 e. The molecular weight excluding hydrogens is 362 g/mol. The molecule has 0 bridgehead atoms. The van der Waals surface area contributed by atoms with Gasteiger partial charge in [-0.15, -0.1) is 0 Å². The second kappa shape index (κ2) is 7.00. The number of pyridine rings is 1. The number of halogens is 1. The van der Waals surface area contributed by atoms with Crippen molar-refractivity contribution in [3.8, 4) is 0 Å². The first kappa shape index (κ1) is 17.5. The maximum Gasteiger partial charge on any atom is 0.233 e. The summed E-state index contributed by atoms with van der Waals surface area (Å²) in [6.07, 6.45) is 3.41. The van der Waals surface area contributed by atoms with E-state index in [1.54, 1.807) is 23.4 Å². The Labute approximate surface area is 162 Å². The molecule has 136 valence electrons. The van der Waals surface area contributed by atoms with Crippen molar-refractivity contribution in [3.05, 3.63) is 71.0 Å². The summed E-state index contributed by atoms with van der Waals surface area (Å²) in [4.78, 5) is 31.0. The lowest BCUT2D eigenvalue weighted by molar-refractivity contribution is -0.130. The van der Waals surface area contributed by atoms with Crippen molar-refractivity contribution in [2.75, 3.05) is 11.9 Å². The number of nitrogens with zero attached hydrogens (tertiary/aromatic N) is 2. The SMILES string of the molecule is CC(=O)N1Cc2ccc(Cl)cc2C(C(=O)Nc2cncc3ccccc23)C1. The molecule has 3 aromatic rings. The average Bonchev–Trinajstić information content (AvgIpc) is 2.67. The molecule has 1 atom stereocenters. The molecule has 27 heavy (non-hydrogen) atoms. The van der Waals surface area contributed by atoms with Crippen molar-refractivity contribution < 1.29 is 9.59 Å². The zero-order chi connectivity index (χ0) is 19.0. The van der Waals surface area contributed by atoms with Crippen molar-refractivity contribution in [1.29, 1.82) is 0 Å². The van der Waals surface area contributed by atoms with Crippen LogP contribution in [0.25, 0.3) is 10.8 Å². The molecule has 1 aromatic heterocycles. The first-order chi connectivity index (χ1) is 13.0. The Morgan fingerprint density at radius 3 is 2.81 bits per heavy atom. The normalized spacial score (nSPS) is 16.1. The number of carbonyl (C=O) groups excluding carboxylic acids is 2. The van der Waals surface area contributed by atoms with E-state index in [0.29, 0.717) is 23.8 Å². The van der Waals surface area contributed by atoms with Crippen LogP contribution in [0, 0.1) is 0 Å². The van der Waals surface area contributed by atoms with Gasteiger partial charge in [0.15, 0.2) is 0 Å². The number of nitrogens with one attached hydrogen (secondary N) is 1. The van der Waals surface area contributed by atoms with Gasteiger partial charge in [0, 0.05) is 42.0 Å². The van der Waals surface area contributed by atoms with Gasteiger partial charge in [0.25, 0.3) is 0 Å². The largest absolute Gasteiger partial charge is 0.337 e. The lowest BCUT2D eigenvalue weighted by Gasteiger charge is -2.33. The van der Waals surface area contributed by atoms with Gasteiger partial charge in [-0.3, -0.25) is 14.6 Å². The topological polar surface area (TPSA) is 62.3 Å². The second-order valence-electron chi connectivity index (χ2n) is 6.69. The molecule has 1 aliphatic rings. The van der Waals surface area contributed by atoms with Crippen LogP contribution in [0.15, 0.2) is 54.9 Å². The van der Waals surface area contributed by atoms with Gasteiger partial charge in [-0.25, -0.2) is 0 Å². The Bertz CT molecular complexity index is 1050. The third-order valence-electron chi connectivity index (χ3n) is 4.94. The van der Waals surface area contributed by atoms with Crippen molar-refractivity contribution in [3.63, 3.8) is 0 Å². The molecule has 0 saturated carbocycles. The zero-order valence-electron chi connectivity index (χ0n) is 14.8. The molecular formula is C21H18ClN3O2. The fourth-order valence-electron chi connectivity index (χ4n) is 3.52. The summed E-state index contributed by atoms with van der Waals surface area (Å²) in [5.74, 6) is -0.724. The molecule has 0 fully saturated rings. The van der Waals surface area contributed by atoms with E-state index >= 15 is 0 Å². The molecule has 1 N–H and O–H groups in total. The van der Waals surface area contributed by atoms with Gasteiger partial charge >= 0.3 is 0 Å². The van der Waals surface area contributed by atoms with E-state index in [-0.39, 0.29) is 11.8 Å². The Morgan fingerprint density at radius 1 is 1.19 bits per heavy atom. The highest BCUT2D eigenvalue weighted by Crippen LogP contribution is 2.32. The summed E-state index contributed by atoms with van der Waals surface area (Å²) in [6, 6.07) is 13.2. The van der Waals surface area contributed by atoms with Gasteiger partial charge in [0.05, 0.1) is 17.8 Å². The molecule has 0 saturated heterocycles. The van der Waals surface area contributed by atoms with Crippen LogP contribution < -0.4 is 5.32 Å². The number of hydrogen-bond acceptors (Lipinski definition) is 3. The van der Waals surface area contributed by atoms with Gasteiger partial charge in [-0.1, -0.05) is 41.9 Å². The summed E-state index contributed by atoms with van der Waals surface area (Å²) < 4.78 is 0. The van der Waals surface area contributed by atoms with E-state index in [4.69, 9.17) is 11.6 Å². The average molecular weight is 380 g/mol. The summed E-state index contributed by atoms with van der Waals surface area (Å²) in [5, 5.41) is 5.44. The van der Waals surface area contributed by atoms with Crippen LogP contribution in [-0.4, -0.2) is 28.2 Å². The molecule has 4 rings (SSSR count). The number of hydrogen-bond donors (Lipinski definition) is 1. The fourth-order valence-corrected chi connectivity index (χ4v) is 3.70. The number of aromatic nitrogens is 1. The Morgan fingerprint density at radius 2 is 2.00 bits per heavy atom. The number of carbonyl (C=O) groups is 2. The molecule has 6 heteroatoms. The quantitative estimate of drug-likeness (QED) is 0.732. The molecule has 2 amide bonds. The van der Waals surface area contributed by atoms with Crippen molar-refractivity contribution >= 4 is 39.9 Å². The molecule has 2 aromatic carbocycles. The van der Waals surface area contributed by atoms with Crippen LogP contribution in [0.5, 0.6) is 0 Å². The Kier molecular flexibility index (Phi) is 4.54. The van der Waals surface area contributed by atoms with E-state index in [0.717, 1.165) is 21.9 Å². The van der Waals surface area contributed by atoms with Gasteiger partial charge in [0.2, 0.25) is 11.8 Å². The minimum atomic E-state index is -0.490. The van der Waals surface area contributed by atoms with Gasteiger partial charge < -0.3 is 10.2 Å². The maximum absolute atomic E-state index is 13.1. The van der Waals surface area contributed by atoms with E-state index < -0.39 is 5.92 Å². The van der Waals surface area contributed by atoms with Crippen molar-refractivity contribution in [1.82, 2.24) is 9.88 Å².